The molecule has 2 aliphatic rings. The van der Waals surface area contributed by atoms with Gasteiger partial charge in [0.2, 0.25) is 0 Å². The number of hydrogen-bond donors (Lipinski definition) is 0. The van der Waals surface area contributed by atoms with E-state index < -0.39 is 9.28 Å². The van der Waals surface area contributed by atoms with Crippen LogP contribution in [0.3, 0.4) is 0 Å². The quantitative estimate of drug-likeness (QED) is 0.723. The SMILES string of the molecule is C.CO[SiH](OC)C1(C2([SiH3])CCCCO2)CCCCO1. The summed E-state index contributed by atoms with van der Waals surface area (Å²) < 4.78 is 23.9. The van der Waals surface area contributed by atoms with Gasteiger partial charge in [-0.05, 0) is 38.5 Å². The monoisotopic (exact) mass is 306 g/mol. The van der Waals surface area contributed by atoms with Crippen molar-refractivity contribution >= 4 is 19.5 Å². The van der Waals surface area contributed by atoms with Crippen LogP contribution in [0, 0.1) is 0 Å². The van der Waals surface area contributed by atoms with Crippen LogP contribution >= 0.6 is 0 Å². The third-order valence-corrected chi connectivity index (χ3v) is 9.37. The van der Waals surface area contributed by atoms with E-state index in [1.54, 1.807) is 14.2 Å². The van der Waals surface area contributed by atoms with Crippen molar-refractivity contribution in [1.29, 1.82) is 0 Å². The fraction of sp³-hybridized carbons (Fsp3) is 1.00. The molecular weight excluding hydrogens is 276 g/mol. The standard InChI is InChI=1S/C12H26O4Si2.CH4/c1-13-18(14-2)12(8-4-6-10-16-12)11(17)7-3-5-9-15-11;/h18H,3-10H2,1-2,17H3;1H4. The zero-order valence-corrected chi connectivity index (χ0v) is 15.0. The predicted molar refractivity (Wildman–Crippen MR) is 82.9 cm³/mol. The van der Waals surface area contributed by atoms with Crippen molar-refractivity contribution in [2.24, 2.45) is 0 Å². The lowest BCUT2D eigenvalue weighted by atomic mass is 9.96. The minimum absolute atomic E-state index is 0. The van der Waals surface area contributed by atoms with Crippen LogP contribution < -0.4 is 0 Å². The summed E-state index contributed by atoms with van der Waals surface area (Å²) in [7, 11) is 2.63. The van der Waals surface area contributed by atoms with Gasteiger partial charge in [-0.2, -0.15) is 0 Å². The fourth-order valence-corrected chi connectivity index (χ4v) is 7.45. The molecule has 2 saturated heterocycles. The van der Waals surface area contributed by atoms with Crippen molar-refractivity contribution in [3.8, 4) is 0 Å². The highest BCUT2D eigenvalue weighted by atomic mass is 28.3. The van der Waals surface area contributed by atoms with Crippen molar-refractivity contribution in [3.63, 3.8) is 0 Å². The summed E-state index contributed by atoms with van der Waals surface area (Å²) in [6.07, 6.45) is 6.90. The van der Waals surface area contributed by atoms with Crippen LogP contribution in [0.25, 0.3) is 0 Å². The Morgan fingerprint density at radius 2 is 1.53 bits per heavy atom. The highest BCUT2D eigenvalue weighted by molar-refractivity contribution is 6.50. The molecule has 0 N–H and O–H groups in total. The van der Waals surface area contributed by atoms with Gasteiger partial charge in [0, 0.05) is 37.7 Å². The second-order valence-electron chi connectivity index (χ2n) is 5.53. The highest BCUT2D eigenvalue weighted by Crippen LogP contribution is 2.42. The van der Waals surface area contributed by atoms with Gasteiger partial charge < -0.3 is 18.3 Å². The highest BCUT2D eigenvalue weighted by Gasteiger charge is 2.58. The molecule has 6 heteroatoms. The maximum Gasteiger partial charge on any atom is 0.356 e. The predicted octanol–water partition coefficient (Wildman–Crippen LogP) is 0.876. The Kier molecular flexibility index (Phi) is 6.68. The van der Waals surface area contributed by atoms with E-state index in [0.29, 0.717) is 0 Å². The summed E-state index contributed by atoms with van der Waals surface area (Å²) >= 11 is 0. The Labute approximate surface area is 122 Å². The van der Waals surface area contributed by atoms with E-state index in [1.165, 1.54) is 19.3 Å². The second-order valence-corrected chi connectivity index (χ2v) is 9.69. The number of rotatable bonds is 4. The van der Waals surface area contributed by atoms with Crippen LogP contribution in [-0.4, -0.2) is 57.4 Å². The minimum Gasteiger partial charge on any atom is -0.398 e. The molecule has 19 heavy (non-hydrogen) atoms. The summed E-state index contributed by atoms with van der Waals surface area (Å²) in [5.41, 5.74) is 0. The molecule has 0 radical (unpaired) electrons. The van der Waals surface area contributed by atoms with E-state index in [0.717, 1.165) is 42.7 Å². The summed E-state index contributed by atoms with van der Waals surface area (Å²) in [6, 6.07) is 0. The van der Waals surface area contributed by atoms with E-state index in [1.807, 2.05) is 0 Å². The van der Waals surface area contributed by atoms with Gasteiger partial charge in [-0.3, -0.25) is 0 Å². The molecule has 4 nitrogen and oxygen atoms in total. The topological polar surface area (TPSA) is 36.9 Å². The minimum atomic E-state index is -1.86. The molecule has 0 bridgehead atoms. The van der Waals surface area contributed by atoms with E-state index in [2.05, 4.69) is 0 Å². The summed E-state index contributed by atoms with van der Waals surface area (Å²) in [6.45, 7) is 1.69. The third-order valence-electron chi connectivity index (χ3n) is 4.48. The van der Waals surface area contributed by atoms with Crippen LogP contribution in [0.2, 0.25) is 0 Å². The molecule has 2 rings (SSSR count). The van der Waals surface area contributed by atoms with Gasteiger partial charge >= 0.3 is 9.28 Å². The normalized spacial score (nSPS) is 36.2. The lowest BCUT2D eigenvalue weighted by molar-refractivity contribution is -0.173. The molecule has 2 atom stereocenters. The summed E-state index contributed by atoms with van der Waals surface area (Å²) in [5, 5.41) is -0.365. The average Bonchev–Trinajstić information content (AvgIpc) is 2.42. The Bertz CT molecular complexity index is 259. The molecule has 0 saturated carbocycles. The molecule has 0 aromatic carbocycles. The molecular formula is C13H30O4Si2. The van der Waals surface area contributed by atoms with Crippen molar-refractivity contribution < 1.29 is 18.3 Å². The molecule has 2 aliphatic heterocycles. The van der Waals surface area contributed by atoms with Crippen molar-refractivity contribution in [3.05, 3.63) is 0 Å². The maximum atomic E-state index is 6.27. The molecule has 2 unspecified atom stereocenters. The molecule has 0 aromatic rings. The van der Waals surface area contributed by atoms with Crippen LogP contribution in [0.1, 0.15) is 46.0 Å². The average molecular weight is 307 g/mol. The molecule has 2 heterocycles. The Balaban J connectivity index is 0.00000180. The van der Waals surface area contributed by atoms with Gasteiger partial charge in [-0.15, -0.1) is 0 Å². The Morgan fingerprint density at radius 1 is 0.947 bits per heavy atom. The molecule has 2 fully saturated rings. The first kappa shape index (κ1) is 17.3. The summed E-state index contributed by atoms with van der Waals surface area (Å²) in [4.78, 5) is 0. The van der Waals surface area contributed by atoms with Gasteiger partial charge in [0.1, 0.15) is 5.22 Å². The Hall–Kier alpha value is 0.274. The van der Waals surface area contributed by atoms with E-state index in [9.17, 15) is 0 Å². The van der Waals surface area contributed by atoms with Crippen molar-refractivity contribution in [2.75, 3.05) is 27.4 Å². The number of hydrogen-bond acceptors (Lipinski definition) is 4. The molecule has 0 spiro atoms. The van der Waals surface area contributed by atoms with Crippen LogP contribution in [0.4, 0.5) is 0 Å². The van der Waals surface area contributed by atoms with Gasteiger partial charge in [-0.25, -0.2) is 0 Å². The first-order chi connectivity index (χ1) is 8.68. The van der Waals surface area contributed by atoms with Crippen molar-refractivity contribution in [1.82, 2.24) is 0 Å². The first-order valence-corrected chi connectivity index (χ1v) is 9.54. The van der Waals surface area contributed by atoms with Crippen LogP contribution in [-0.2, 0) is 18.3 Å². The molecule has 0 amide bonds. The Morgan fingerprint density at radius 3 is 1.95 bits per heavy atom. The van der Waals surface area contributed by atoms with E-state index in [-0.39, 0.29) is 17.9 Å². The molecule has 0 aromatic heterocycles. The zero-order chi connectivity index (χ0) is 13.1. The lowest BCUT2D eigenvalue weighted by Gasteiger charge is -2.53. The van der Waals surface area contributed by atoms with Crippen LogP contribution in [0.15, 0.2) is 0 Å². The fourth-order valence-electron chi connectivity index (χ4n) is 3.41. The molecule has 0 aliphatic carbocycles. The van der Waals surface area contributed by atoms with Gasteiger partial charge in [0.15, 0.2) is 0 Å². The van der Waals surface area contributed by atoms with Gasteiger partial charge in [0.25, 0.3) is 0 Å². The number of ether oxygens (including phenoxy) is 2. The largest absolute Gasteiger partial charge is 0.398 e. The van der Waals surface area contributed by atoms with E-state index >= 15 is 0 Å². The first-order valence-electron chi connectivity index (χ1n) is 7.02. The van der Waals surface area contributed by atoms with Gasteiger partial charge in [-0.1, -0.05) is 7.43 Å². The summed E-state index contributed by atoms with van der Waals surface area (Å²) in [5.74, 6) is 0. The lowest BCUT2D eigenvalue weighted by Crippen LogP contribution is -2.69. The van der Waals surface area contributed by atoms with Crippen LogP contribution in [0.5, 0.6) is 0 Å². The second kappa shape index (κ2) is 7.33. The zero-order valence-electron chi connectivity index (χ0n) is 11.9. The third kappa shape index (κ3) is 3.14. The molecule has 114 valence electrons. The van der Waals surface area contributed by atoms with E-state index in [4.69, 9.17) is 18.3 Å². The smallest absolute Gasteiger partial charge is 0.356 e. The van der Waals surface area contributed by atoms with Gasteiger partial charge in [0.05, 0.1) is 5.22 Å². The van der Waals surface area contributed by atoms with Crippen molar-refractivity contribution in [2.45, 2.75) is 56.4 Å². The maximum absolute atomic E-state index is 6.27.